The highest BCUT2D eigenvalue weighted by Gasteiger charge is 2.18. The molecule has 0 bridgehead atoms. The maximum absolute atomic E-state index is 12.1. The number of imidazole rings is 1. The number of nitrogens with zero attached hydrogens (tertiary/aromatic N) is 4. The summed E-state index contributed by atoms with van der Waals surface area (Å²) in [6.07, 6.45) is 8.25. The normalized spacial score (nSPS) is 13.7. The van der Waals surface area contributed by atoms with E-state index in [1.54, 1.807) is 12.4 Å². The molecule has 1 aromatic carbocycles. The maximum atomic E-state index is 12.1. The van der Waals surface area contributed by atoms with Crippen molar-refractivity contribution in [3.63, 3.8) is 0 Å². The second-order valence-electron chi connectivity index (χ2n) is 6.08. The van der Waals surface area contributed by atoms with Crippen LogP contribution in [0.2, 0.25) is 0 Å². The van der Waals surface area contributed by atoms with Crippen molar-refractivity contribution in [2.75, 3.05) is 6.54 Å². The van der Waals surface area contributed by atoms with Crippen molar-refractivity contribution >= 4 is 11.4 Å². The van der Waals surface area contributed by atoms with E-state index in [0.717, 1.165) is 40.1 Å². The van der Waals surface area contributed by atoms with Gasteiger partial charge in [0.25, 0.3) is 5.91 Å². The number of aromatic nitrogens is 4. The quantitative estimate of drug-likeness (QED) is 0.614. The third-order valence-electron chi connectivity index (χ3n) is 4.59. The lowest BCUT2D eigenvalue weighted by atomic mass is 9.99. The topological polar surface area (TPSA) is 64.2 Å². The molecule has 6 heteroatoms. The van der Waals surface area contributed by atoms with Crippen LogP contribution in [0.4, 0.5) is 0 Å². The van der Waals surface area contributed by atoms with E-state index in [-0.39, 0.29) is 5.91 Å². The van der Waals surface area contributed by atoms with E-state index in [9.17, 15) is 4.79 Å². The molecule has 1 N–H and O–H groups in total. The SMILES string of the molecule is O=C1NCCc2ccc(-n3ccnc3-c3ccn4nccc4c3)cc21. The van der Waals surface area contributed by atoms with Crippen molar-refractivity contribution in [2.24, 2.45) is 0 Å². The average molecular weight is 329 g/mol. The Labute approximate surface area is 143 Å². The third-order valence-corrected chi connectivity index (χ3v) is 4.59. The Morgan fingerprint density at radius 3 is 2.96 bits per heavy atom. The fourth-order valence-corrected chi connectivity index (χ4v) is 3.34. The molecule has 6 nitrogen and oxygen atoms in total. The highest BCUT2D eigenvalue weighted by molar-refractivity contribution is 5.97. The Morgan fingerprint density at radius 2 is 2.00 bits per heavy atom. The Hall–Kier alpha value is -3.41. The van der Waals surface area contributed by atoms with Gasteiger partial charge in [0.15, 0.2) is 0 Å². The predicted molar refractivity (Wildman–Crippen MR) is 93.8 cm³/mol. The molecule has 0 saturated carbocycles. The summed E-state index contributed by atoms with van der Waals surface area (Å²) in [4.78, 5) is 16.7. The van der Waals surface area contributed by atoms with Gasteiger partial charge in [0.1, 0.15) is 5.82 Å². The predicted octanol–water partition coefficient (Wildman–Crippen LogP) is 2.47. The molecule has 0 spiro atoms. The Morgan fingerprint density at radius 1 is 1.04 bits per heavy atom. The van der Waals surface area contributed by atoms with Gasteiger partial charge in [-0.3, -0.25) is 9.36 Å². The zero-order valence-electron chi connectivity index (χ0n) is 13.4. The molecule has 0 fully saturated rings. The molecule has 4 aromatic rings. The van der Waals surface area contributed by atoms with Gasteiger partial charge >= 0.3 is 0 Å². The number of nitrogens with one attached hydrogen (secondary N) is 1. The lowest BCUT2D eigenvalue weighted by Gasteiger charge is -2.18. The smallest absolute Gasteiger partial charge is 0.251 e. The number of pyridine rings is 1. The first kappa shape index (κ1) is 14.0. The summed E-state index contributed by atoms with van der Waals surface area (Å²) < 4.78 is 3.82. The Balaban J connectivity index is 1.63. The molecule has 0 aliphatic carbocycles. The minimum absolute atomic E-state index is 0.00885. The largest absolute Gasteiger partial charge is 0.352 e. The van der Waals surface area contributed by atoms with Gasteiger partial charge < -0.3 is 5.32 Å². The van der Waals surface area contributed by atoms with Gasteiger partial charge in [-0.05, 0) is 42.3 Å². The second-order valence-corrected chi connectivity index (χ2v) is 6.08. The van der Waals surface area contributed by atoms with Crippen LogP contribution in [0.25, 0.3) is 22.6 Å². The van der Waals surface area contributed by atoms with Crippen LogP contribution in [-0.2, 0) is 6.42 Å². The standard InChI is InChI=1S/C19H15N5O/c25-19-17-12-15(2-1-13(17)3-6-21-19)23-10-8-20-18(23)14-5-9-24-16(11-14)4-7-22-24/h1-2,4-5,7-12H,3,6H2,(H,21,25). The van der Waals surface area contributed by atoms with Gasteiger partial charge in [-0.25, -0.2) is 9.50 Å². The van der Waals surface area contributed by atoms with Crippen molar-refractivity contribution < 1.29 is 4.79 Å². The van der Waals surface area contributed by atoms with Crippen molar-refractivity contribution in [2.45, 2.75) is 6.42 Å². The number of hydrogen-bond donors (Lipinski definition) is 1. The summed E-state index contributed by atoms with van der Waals surface area (Å²) in [5.74, 6) is 0.824. The maximum Gasteiger partial charge on any atom is 0.251 e. The van der Waals surface area contributed by atoms with Crippen molar-refractivity contribution in [1.82, 2.24) is 24.5 Å². The first-order valence-electron chi connectivity index (χ1n) is 8.18. The van der Waals surface area contributed by atoms with E-state index in [0.29, 0.717) is 6.54 Å². The van der Waals surface area contributed by atoms with Crippen molar-refractivity contribution in [3.8, 4) is 17.1 Å². The number of rotatable bonds is 2. The molecule has 4 heterocycles. The Bertz CT molecular complexity index is 1110. The van der Waals surface area contributed by atoms with E-state index in [1.807, 2.05) is 51.8 Å². The summed E-state index contributed by atoms with van der Waals surface area (Å²) in [6, 6.07) is 12.0. The molecular formula is C19H15N5O. The molecule has 5 rings (SSSR count). The van der Waals surface area contributed by atoms with Gasteiger partial charge in [0, 0.05) is 48.1 Å². The van der Waals surface area contributed by atoms with Crippen LogP contribution in [-0.4, -0.2) is 31.6 Å². The lowest BCUT2D eigenvalue weighted by molar-refractivity contribution is 0.0946. The minimum Gasteiger partial charge on any atom is -0.352 e. The molecule has 3 aromatic heterocycles. The van der Waals surface area contributed by atoms with E-state index in [1.165, 1.54) is 0 Å². The lowest BCUT2D eigenvalue weighted by Crippen LogP contribution is -2.31. The van der Waals surface area contributed by atoms with Gasteiger partial charge in [0.05, 0.1) is 5.52 Å². The zero-order chi connectivity index (χ0) is 16.8. The van der Waals surface area contributed by atoms with Gasteiger partial charge in [0.2, 0.25) is 0 Å². The first-order chi connectivity index (χ1) is 12.3. The molecule has 1 aliphatic heterocycles. The molecular weight excluding hydrogens is 314 g/mol. The number of amides is 1. The highest BCUT2D eigenvalue weighted by atomic mass is 16.1. The van der Waals surface area contributed by atoms with Crippen LogP contribution in [0.15, 0.2) is 61.2 Å². The van der Waals surface area contributed by atoms with Crippen LogP contribution >= 0.6 is 0 Å². The van der Waals surface area contributed by atoms with Crippen LogP contribution in [0.5, 0.6) is 0 Å². The first-order valence-corrected chi connectivity index (χ1v) is 8.18. The van der Waals surface area contributed by atoms with Crippen molar-refractivity contribution in [3.05, 3.63) is 72.3 Å². The Kier molecular flexibility index (Phi) is 2.97. The molecule has 25 heavy (non-hydrogen) atoms. The summed E-state index contributed by atoms with van der Waals surface area (Å²) >= 11 is 0. The van der Waals surface area contributed by atoms with E-state index >= 15 is 0 Å². The number of fused-ring (bicyclic) bond motifs is 2. The molecule has 1 amide bonds. The summed E-state index contributed by atoms with van der Waals surface area (Å²) in [5, 5.41) is 7.12. The summed E-state index contributed by atoms with van der Waals surface area (Å²) in [6.45, 7) is 0.701. The fourth-order valence-electron chi connectivity index (χ4n) is 3.34. The zero-order valence-corrected chi connectivity index (χ0v) is 13.4. The second kappa shape index (κ2) is 5.31. The summed E-state index contributed by atoms with van der Waals surface area (Å²) in [5.41, 5.74) is 4.78. The number of hydrogen-bond acceptors (Lipinski definition) is 3. The monoisotopic (exact) mass is 329 g/mol. The summed E-state index contributed by atoms with van der Waals surface area (Å²) in [7, 11) is 0. The molecule has 0 unspecified atom stereocenters. The molecule has 0 radical (unpaired) electrons. The van der Waals surface area contributed by atoms with Crippen LogP contribution in [0, 0.1) is 0 Å². The van der Waals surface area contributed by atoms with Crippen molar-refractivity contribution in [1.29, 1.82) is 0 Å². The molecule has 1 aliphatic rings. The third kappa shape index (κ3) is 2.22. The number of carbonyl (C=O) groups excluding carboxylic acids is 1. The fraction of sp³-hybridized carbons (Fsp3) is 0.105. The number of benzene rings is 1. The van der Waals surface area contributed by atoms with Crippen LogP contribution in [0.1, 0.15) is 15.9 Å². The van der Waals surface area contributed by atoms with Crippen LogP contribution in [0.3, 0.4) is 0 Å². The average Bonchev–Trinajstić information content (AvgIpc) is 3.30. The van der Waals surface area contributed by atoms with E-state index in [2.05, 4.69) is 21.5 Å². The minimum atomic E-state index is -0.00885. The molecule has 0 saturated heterocycles. The molecule has 0 atom stereocenters. The van der Waals surface area contributed by atoms with E-state index < -0.39 is 0 Å². The van der Waals surface area contributed by atoms with Gasteiger partial charge in [-0.15, -0.1) is 0 Å². The van der Waals surface area contributed by atoms with Gasteiger partial charge in [-0.2, -0.15) is 5.10 Å². The van der Waals surface area contributed by atoms with Crippen LogP contribution < -0.4 is 5.32 Å². The van der Waals surface area contributed by atoms with Gasteiger partial charge in [-0.1, -0.05) is 6.07 Å². The highest BCUT2D eigenvalue weighted by Crippen LogP contribution is 2.25. The van der Waals surface area contributed by atoms with E-state index in [4.69, 9.17) is 0 Å². The molecule has 122 valence electrons. The number of carbonyl (C=O) groups is 1.